The lowest BCUT2D eigenvalue weighted by Gasteiger charge is -2.19. The van der Waals surface area contributed by atoms with E-state index >= 15 is 0 Å². The van der Waals surface area contributed by atoms with Gasteiger partial charge in [-0.25, -0.2) is 0 Å². The van der Waals surface area contributed by atoms with Crippen molar-refractivity contribution in [3.63, 3.8) is 0 Å². The van der Waals surface area contributed by atoms with Gasteiger partial charge in [-0.05, 0) is 31.2 Å². The Morgan fingerprint density at radius 1 is 1.35 bits per heavy atom. The Bertz CT molecular complexity index is 340. The molecular formula is C16H23N. The number of nitrogens with one attached hydrogen (secondary N) is 1. The molecule has 1 atom stereocenters. The number of benzene rings is 1. The van der Waals surface area contributed by atoms with Crippen LogP contribution < -0.4 is 5.32 Å². The lowest BCUT2D eigenvalue weighted by Crippen LogP contribution is -2.29. The summed E-state index contributed by atoms with van der Waals surface area (Å²) in [5.74, 6) is 0. The highest BCUT2D eigenvalue weighted by molar-refractivity contribution is 5.16. The van der Waals surface area contributed by atoms with Gasteiger partial charge in [-0.1, -0.05) is 49.9 Å². The van der Waals surface area contributed by atoms with Crippen molar-refractivity contribution in [1.29, 1.82) is 0 Å². The van der Waals surface area contributed by atoms with Crippen LogP contribution in [0.4, 0.5) is 0 Å². The van der Waals surface area contributed by atoms with E-state index in [0.717, 1.165) is 31.4 Å². The van der Waals surface area contributed by atoms with Crippen LogP contribution in [0, 0.1) is 0 Å². The fourth-order valence-electron chi connectivity index (χ4n) is 1.83. The van der Waals surface area contributed by atoms with Crippen LogP contribution in [0.25, 0.3) is 0 Å². The molecule has 0 aliphatic rings. The molecule has 0 fully saturated rings. The normalized spacial score (nSPS) is 11.8. The third kappa shape index (κ3) is 5.39. The van der Waals surface area contributed by atoms with E-state index in [1.807, 2.05) is 6.08 Å². The van der Waals surface area contributed by atoms with Crippen LogP contribution in [0.2, 0.25) is 0 Å². The Morgan fingerprint density at radius 2 is 2.06 bits per heavy atom. The Morgan fingerprint density at radius 3 is 2.65 bits per heavy atom. The molecule has 0 bridgehead atoms. The summed E-state index contributed by atoms with van der Waals surface area (Å²) in [4.78, 5) is 0. The van der Waals surface area contributed by atoms with E-state index in [-0.39, 0.29) is 0 Å². The first-order valence-corrected chi connectivity index (χ1v) is 6.35. The van der Waals surface area contributed by atoms with Crippen LogP contribution in [0.5, 0.6) is 0 Å². The van der Waals surface area contributed by atoms with E-state index in [1.165, 1.54) is 5.56 Å². The number of hydrogen-bond donors (Lipinski definition) is 1. The highest BCUT2D eigenvalue weighted by Crippen LogP contribution is 2.08. The van der Waals surface area contributed by atoms with E-state index in [0.29, 0.717) is 6.04 Å². The summed E-state index contributed by atoms with van der Waals surface area (Å²) < 4.78 is 0. The van der Waals surface area contributed by atoms with Crippen LogP contribution in [0.15, 0.2) is 55.3 Å². The summed E-state index contributed by atoms with van der Waals surface area (Å²) >= 11 is 0. The second-order valence-electron chi connectivity index (χ2n) is 4.37. The van der Waals surface area contributed by atoms with Crippen LogP contribution in [0.1, 0.15) is 31.7 Å². The zero-order valence-electron chi connectivity index (χ0n) is 10.8. The van der Waals surface area contributed by atoms with Crippen LogP contribution in [-0.2, 0) is 6.42 Å². The average molecular weight is 229 g/mol. The van der Waals surface area contributed by atoms with Crippen molar-refractivity contribution in [2.45, 2.75) is 38.6 Å². The summed E-state index contributed by atoms with van der Waals surface area (Å²) in [7, 11) is 0. The molecule has 0 aromatic heterocycles. The third-order valence-electron chi connectivity index (χ3n) is 2.88. The predicted molar refractivity (Wildman–Crippen MR) is 75.9 cm³/mol. The molecule has 1 rings (SSSR count). The van der Waals surface area contributed by atoms with E-state index < -0.39 is 0 Å². The number of allylic oxidation sites excluding steroid dienone is 2. The minimum atomic E-state index is 0.481. The predicted octanol–water partition coefficient (Wildman–Crippen LogP) is 4.08. The zero-order chi connectivity index (χ0) is 12.5. The van der Waals surface area contributed by atoms with E-state index in [9.17, 15) is 0 Å². The fourth-order valence-corrected chi connectivity index (χ4v) is 1.83. The maximum atomic E-state index is 4.06. The van der Waals surface area contributed by atoms with Gasteiger partial charge in [0.1, 0.15) is 0 Å². The Hall–Kier alpha value is -1.50. The number of hydrogen-bond acceptors (Lipinski definition) is 1. The second kappa shape index (κ2) is 7.72. The summed E-state index contributed by atoms with van der Waals surface area (Å²) in [6.07, 6.45) is 6.08. The van der Waals surface area contributed by atoms with Gasteiger partial charge in [0.05, 0.1) is 0 Å². The molecule has 0 saturated carbocycles. The van der Waals surface area contributed by atoms with E-state index in [4.69, 9.17) is 0 Å². The molecular weight excluding hydrogens is 206 g/mol. The Balaban J connectivity index is 2.43. The molecule has 1 aromatic rings. The molecule has 92 valence electrons. The summed E-state index contributed by atoms with van der Waals surface area (Å²) in [5, 5.41) is 3.51. The van der Waals surface area contributed by atoms with Crippen molar-refractivity contribution >= 4 is 0 Å². The first-order chi connectivity index (χ1) is 8.26. The van der Waals surface area contributed by atoms with Crippen LogP contribution in [-0.4, -0.2) is 6.04 Å². The first-order valence-electron chi connectivity index (χ1n) is 6.35. The summed E-state index contributed by atoms with van der Waals surface area (Å²) in [6.45, 7) is 10.0. The third-order valence-corrected chi connectivity index (χ3v) is 2.88. The molecule has 1 N–H and O–H groups in total. The molecule has 1 aromatic carbocycles. The maximum absolute atomic E-state index is 4.06. The van der Waals surface area contributed by atoms with Gasteiger partial charge >= 0.3 is 0 Å². The van der Waals surface area contributed by atoms with Crippen molar-refractivity contribution < 1.29 is 0 Å². The lowest BCUT2D eigenvalue weighted by molar-refractivity contribution is 0.535. The molecule has 0 aliphatic heterocycles. The van der Waals surface area contributed by atoms with Gasteiger partial charge < -0.3 is 5.32 Å². The molecule has 1 nitrogen and oxygen atoms in total. The van der Waals surface area contributed by atoms with Crippen molar-refractivity contribution in [2.24, 2.45) is 0 Å². The highest BCUT2D eigenvalue weighted by atomic mass is 14.9. The molecule has 0 radical (unpaired) electrons. The van der Waals surface area contributed by atoms with Crippen molar-refractivity contribution in [2.75, 3.05) is 0 Å². The molecule has 0 amide bonds. The van der Waals surface area contributed by atoms with Gasteiger partial charge in [0.2, 0.25) is 0 Å². The van der Waals surface area contributed by atoms with Crippen LogP contribution in [0.3, 0.4) is 0 Å². The van der Waals surface area contributed by atoms with Gasteiger partial charge in [-0.15, -0.1) is 6.58 Å². The minimum absolute atomic E-state index is 0.481. The Kier molecular flexibility index (Phi) is 6.16. The van der Waals surface area contributed by atoms with Gasteiger partial charge in [0.15, 0.2) is 0 Å². The standard InChI is InChI=1S/C16H23N/c1-4-6-10-14(3)17-16(5-2)13-15-11-8-7-9-12-15/h4,7-9,11-12,16-17H,1,3,5-6,10,13H2,2H3. The fraction of sp³-hybridized carbons (Fsp3) is 0.375. The topological polar surface area (TPSA) is 12.0 Å². The number of rotatable bonds is 8. The molecule has 1 unspecified atom stereocenters. The molecule has 0 spiro atoms. The van der Waals surface area contributed by atoms with Gasteiger partial charge in [0, 0.05) is 11.7 Å². The minimum Gasteiger partial charge on any atom is -0.386 e. The zero-order valence-corrected chi connectivity index (χ0v) is 10.8. The van der Waals surface area contributed by atoms with E-state index in [2.05, 4.69) is 55.7 Å². The summed E-state index contributed by atoms with van der Waals surface area (Å²) in [5.41, 5.74) is 2.50. The lowest BCUT2D eigenvalue weighted by atomic mass is 10.0. The van der Waals surface area contributed by atoms with Crippen molar-refractivity contribution in [3.8, 4) is 0 Å². The Labute approximate surface area is 105 Å². The molecule has 0 saturated heterocycles. The average Bonchev–Trinajstić information content (AvgIpc) is 2.36. The van der Waals surface area contributed by atoms with E-state index in [1.54, 1.807) is 0 Å². The molecule has 0 heterocycles. The largest absolute Gasteiger partial charge is 0.386 e. The molecule has 1 heteroatoms. The first kappa shape index (κ1) is 13.6. The maximum Gasteiger partial charge on any atom is 0.0295 e. The van der Waals surface area contributed by atoms with Crippen LogP contribution >= 0.6 is 0 Å². The second-order valence-corrected chi connectivity index (χ2v) is 4.37. The summed E-state index contributed by atoms with van der Waals surface area (Å²) in [6, 6.07) is 11.1. The highest BCUT2D eigenvalue weighted by Gasteiger charge is 2.07. The molecule has 0 aliphatic carbocycles. The van der Waals surface area contributed by atoms with Gasteiger partial charge in [0.25, 0.3) is 0 Å². The van der Waals surface area contributed by atoms with Crippen molar-refractivity contribution in [1.82, 2.24) is 5.32 Å². The molecule has 17 heavy (non-hydrogen) atoms. The van der Waals surface area contributed by atoms with Gasteiger partial charge in [-0.2, -0.15) is 0 Å². The SMILES string of the molecule is C=CCCC(=C)NC(CC)Cc1ccccc1. The smallest absolute Gasteiger partial charge is 0.0295 e. The van der Waals surface area contributed by atoms with Crippen molar-refractivity contribution in [3.05, 3.63) is 60.8 Å². The monoisotopic (exact) mass is 229 g/mol. The van der Waals surface area contributed by atoms with Gasteiger partial charge in [-0.3, -0.25) is 0 Å². The quantitative estimate of drug-likeness (QED) is 0.662.